The second-order valence-electron chi connectivity index (χ2n) is 4.54. The first-order chi connectivity index (χ1) is 9.08. The number of aliphatic hydroxyl groups is 2. The lowest BCUT2D eigenvalue weighted by molar-refractivity contribution is 0.0572. The Kier molecular flexibility index (Phi) is 2.89. The number of aliphatic hydroxyl groups excluding tert-OH is 2. The number of nitrogen functional groups attached to an aromatic ring is 1. The predicted octanol–water partition coefficient (Wildman–Crippen LogP) is 0.0561. The Balaban J connectivity index is 1.96. The molecule has 0 aliphatic carbocycles. The summed E-state index contributed by atoms with van der Waals surface area (Å²) < 4.78 is 0.851. The van der Waals surface area contributed by atoms with E-state index in [1.807, 2.05) is 6.07 Å². The molecule has 1 aliphatic rings. The number of carbonyl (C=O) groups is 1. The van der Waals surface area contributed by atoms with E-state index in [0.717, 1.165) is 4.70 Å². The quantitative estimate of drug-likeness (QED) is 0.685. The molecule has 0 saturated carbocycles. The zero-order chi connectivity index (χ0) is 13.6. The Hall–Kier alpha value is -1.70. The largest absolute Gasteiger partial charge is 0.396 e. The average Bonchev–Trinajstić information content (AvgIpc) is 2.91. The SMILES string of the molecule is Nc1c(C(=O)N2CC(O)C(O)C2)sc2cccnc12. The van der Waals surface area contributed by atoms with E-state index in [2.05, 4.69) is 4.98 Å². The summed E-state index contributed by atoms with van der Waals surface area (Å²) in [4.78, 5) is 18.3. The van der Waals surface area contributed by atoms with Crippen LogP contribution in [0.1, 0.15) is 9.67 Å². The van der Waals surface area contributed by atoms with Crippen molar-refractivity contribution in [2.45, 2.75) is 12.2 Å². The predicted molar refractivity (Wildman–Crippen MR) is 71.9 cm³/mol. The number of carbonyl (C=O) groups excluding carboxylic acids is 1. The molecule has 0 bridgehead atoms. The van der Waals surface area contributed by atoms with Crippen molar-refractivity contribution in [3.63, 3.8) is 0 Å². The minimum Gasteiger partial charge on any atom is -0.396 e. The number of hydrogen-bond donors (Lipinski definition) is 3. The maximum atomic E-state index is 12.3. The van der Waals surface area contributed by atoms with Crippen LogP contribution in [0, 0.1) is 0 Å². The van der Waals surface area contributed by atoms with Crippen LogP contribution in [0.2, 0.25) is 0 Å². The normalized spacial score (nSPS) is 23.2. The fourth-order valence-corrected chi connectivity index (χ4v) is 3.23. The van der Waals surface area contributed by atoms with Crippen LogP contribution in [0.5, 0.6) is 0 Å². The number of hydrogen-bond acceptors (Lipinski definition) is 6. The lowest BCUT2D eigenvalue weighted by Gasteiger charge is -2.14. The number of rotatable bonds is 1. The number of nitrogens with two attached hydrogens (primary N) is 1. The number of thiophene rings is 1. The molecule has 0 aromatic carbocycles. The maximum absolute atomic E-state index is 12.3. The van der Waals surface area contributed by atoms with Crippen molar-refractivity contribution >= 4 is 33.1 Å². The number of likely N-dealkylation sites (tertiary alicyclic amines) is 1. The summed E-state index contributed by atoms with van der Waals surface area (Å²) >= 11 is 1.28. The Morgan fingerprint density at radius 2 is 2.11 bits per heavy atom. The zero-order valence-corrected chi connectivity index (χ0v) is 10.8. The fraction of sp³-hybridized carbons (Fsp3) is 0.333. The van der Waals surface area contributed by atoms with Crippen molar-refractivity contribution in [1.82, 2.24) is 9.88 Å². The van der Waals surface area contributed by atoms with Crippen molar-refractivity contribution in [1.29, 1.82) is 0 Å². The van der Waals surface area contributed by atoms with Gasteiger partial charge in [-0.05, 0) is 12.1 Å². The van der Waals surface area contributed by atoms with E-state index in [9.17, 15) is 15.0 Å². The molecule has 1 aliphatic heterocycles. The van der Waals surface area contributed by atoms with Gasteiger partial charge in [0.05, 0.1) is 22.6 Å². The van der Waals surface area contributed by atoms with Gasteiger partial charge in [0, 0.05) is 19.3 Å². The summed E-state index contributed by atoms with van der Waals surface area (Å²) in [6.07, 6.45) is -0.154. The van der Waals surface area contributed by atoms with Gasteiger partial charge >= 0.3 is 0 Å². The zero-order valence-electron chi connectivity index (χ0n) is 9.98. The number of fused-ring (bicyclic) bond motifs is 1. The van der Waals surface area contributed by atoms with Crippen LogP contribution in [-0.2, 0) is 0 Å². The van der Waals surface area contributed by atoms with Crippen LogP contribution >= 0.6 is 11.3 Å². The summed E-state index contributed by atoms with van der Waals surface area (Å²) in [6.45, 7) is 0.252. The highest BCUT2D eigenvalue weighted by molar-refractivity contribution is 7.21. The third-order valence-electron chi connectivity index (χ3n) is 3.22. The van der Waals surface area contributed by atoms with Crippen molar-refractivity contribution in [3.8, 4) is 0 Å². The second kappa shape index (κ2) is 4.44. The van der Waals surface area contributed by atoms with Crippen LogP contribution in [-0.4, -0.2) is 51.3 Å². The molecule has 2 aromatic rings. The van der Waals surface area contributed by atoms with Gasteiger partial charge in [0.2, 0.25) is 0 Å². The summed E-state index contributed by atoms with van der Waals surface area (Å²) in [5, 5.41) is 19.0. The number of β-amino-alcohol motifs (C(OH)–C–C–N with tert-alkyl or cyclic N) is 2. The Morgan fingerprint density at radius 3 is 2.74 bits per heavy atom. The van der Waals surface area contributed by atoms with Gasteiger partial charge in [0.25, 0.3) is 5.91 Å². The molecule has 4 N–H and O–H groups in total. The van der Waals surface area contributed by atoms with Gasteiger partial charge in [-0.3, -0.25) is 9.78 Å². The van der Waals surface area contributed by atoms with Gasteiger partial charge in [-0.15, -0.1) is 11.3 Å². The van der Waals surface area contributed by atoms with E-state index in [1.54, 1.807) is 12.3 Å². The molecule has 1 fully saturated rings. The molecular formula is C12H13N3O3S. The highest BCUT2D eigenvalue weighted by Crippen LogP contribution is 2.33. The van der Waals surface area contributed by atoms with Gasteiger partial charge < -0.3 is 20.8 Å². The molecule has 0 spiro atoms. The van der Waals surface area contributed by atoms with E-state index in [4.69, 9.17) is 5.73 Å². The van der Waals surface area contributed by atoms with E-state index >= 15 is 0 Å². The second-order valence-corrected chi connectivity index (χ2v) is 5.59. The van der Waals surface area contributed by atoms with Crippen LogP contribution < -0.4 is 5.73 Å². The standard InChI is InChI=1S/C12H13N3O3S/c13-9-10-8(2-1-3-14-10)19-11(9)12(18)15-4-6(16)7(17)5-15/h1-3,6-7,16-17H,4-5,13H2. The van der Waals surface area contributed by atoms with Gasteiger partial charge in [0.15, 0.2) is 0 Å². The van der Waals surface area contributed by atoms with Crippen molar-refractivity contribution in [2.24, 2.45) is 0 Å². The first kappa shape index (κ1) is 12.3. The van der Waals surface area contributed by atoms with E-state index in [0.29, 0.717) is 16.1 Å². The lowest BCUT2D eigenvalue weighted by atomic mass is 10.3. The monoisotopic (exact) mass is 279 g/mol. The minimum absolute atomic E-state index is 0.126. The third-order valence-corrected chi connectivity index (χ3v) is 4.37. The molecule has 2 atom stereocenters. The van der Waals surface area contributed by atoms with Crippen molar-refractivity contribution < 1.29 is 15.0 Å². The van der Waals surface area contributed by atoms with Crippen molar-refractivity contribution in [2.75, 3.05) is 18.8 Å². The third kappa shape index (κ3) is 1.95. The number of anilines is 1. The number of pyridine rings is 1. The molecule has 2 unspecified atom stereocenters. The summed E-state index contributed by atoms with van der Waals surface area (Å²) in [5.41, 5.74) is 6.94. The minimum atomic E-state index is -0.891. The molecule has 2 aromatic heterocycles. The molecule has 0 radical (unpaired) electrons. The molecule has 3 rings (SSSR count). The lowest BCUT2D eigenvalue weighted by Crippen LogP contribution is -2.29. The molecule has 19 heavy (non-hydrogen) atoms. The highest BCUT2D eigenvalue weighted by Gasteiger charge is 2.34. The maximum Gasteiger partial charge on any atom is 0.266 e. The van der Waals surface area contributed by atoms with E-state index in [1.165, 1.54) is 16.2 Å². The summed E-state index contributed by atoms with van der Waals surface area (Å²) in [7, 11) is 0. The van der Waals surface area contributed by atoms with E-state index < -0.39 is 12.2 Å². The van der Waals surface area contributed by atoms with Crippen molar-refractivity contribution in [3.05, 3.63) is 23.2 Å². The molecule has 1 amide bonds. The van der Waals surface area contributed by atoms with Gasteiger partial charge in [0.1, 0.15) is 10.4 Å². The number of nitrogens with zero attached hydrogens (tertiary/aromatic N) is 2. The molecule has 7 heteroatoms. The Labute approximate surface area is 113 Å². The molecule has 3 heterocycles. The molecule has 6 nitrogen and oxygen atoms in total. The molecule has 1 saturated heterocycles. The topological polar surface area (TPSA) is 99.7 Å². The first-order valence-electron chi connectivity index (χ1n) is 5.86. The van der Waals surface area contributed by atoms with Gasteiger partial charge in [-0.25, -0.2) is 0 Å². The van der Waals surface area contributed by atoms with E-state index in [-0.39, 0.29) is 19.0 Å². The van der Waals surface area contributed by atoms with Gasteiger partial charge in [-0.2, -0.15) is 0 Å². The Bertz CT molecular complexity index is 632. The summed E-state index contributed by atoms with van der Waals surface area (Å²) in [6, 6.07) is 3.64. The molecule has 100 valence electrons. The number of aromatic nitrogens is 1. The van der Waals surface area contributed by atoms with Crippen LogP contribution in [0.4, 0.5) is 5.69 Å². The fourth-order valence-electron chi connectivity index (χ4n) is 2.19. The van der Waals surface area contributed by atoms with Crippen LogP contribution in [0.15, 0.2) is 18.3 Å². The van der Waals surface area contributed by atoms with Crippen LogP contribution in [0.3, 0.4) is 0 Å². The molecular weight excluding hydrogens is 266 g/mol. The smallest absolute Gasteiger partial charge is 0.266 e. The average molecular weight is 279 g/mol. The first-order valence-corrected chi connectivity index (χ1v) is 6.68. The Morgan fingerprint density at radius 1 is 1.42 bits per heavy atom. The highest BCUT2D eigenvalue weighted by atomic mass is 32.1. The van der Waals surface area contributed by atoms with Crippen LogP contribution in [0.25, 0.3) is 10.2 Å². The summed E-state index contributed by atoms with van der Waals surface area (Å²) in [5.74, 6) is -0.267. The van der Waals surface area contributed by atoms with Gasteiger partial charge in [-0.1, -0.05) is 0 Å². The number of amides is 1.